The minimum atomic E-state index is -2.94. The van der Waals surface area contributed by atoms with E-state index in [2.05, 4.69) is 468 Å². The average Bonchev–Trinajstić information content (AvgIpc) is 1.62. The van der Waals surface area contributed by atoms with Gasteiger partial charge in [-0.3, -0.25) is 17.9 Å². The van der Waals surface area contributed by atoms with Crippen molar-refractivity contribution in [3.63, 3.8) is 0 Å². The molecular weight excluding hydrogens is 1400 g/mol. The van der Waals surface area contributed by atoms with Crippen molar-refractivity contribution in [3.05, 3.63) is 437 Å². The van der Waals surface area contributed by atoms with Gasteiger partial charge in [-0.05, 0) is 145 Å². The van der Waals surface area contributed by atoms with Gasteiger partial charge in [0.1, 0.15) is 16.1 Å². The van der Waals surface area contributed by atoms with Crippen molar-refractivity contribution in [1.29, 1.82) is 0 Å². The summed E-state index contributed by atoms with van der Waals surface area (Å²) in [6.07, 6.45) is 0. The van der Waals surface area contributed by atoms with Gasteiger partial charge in [0.05, 0.1) is 44.1 Å². The molecule has 0 N–H and O–H groups in total. The number of nitrogens with zero attached hydrogens (tertiary/aromatic N) is 6. The molecule has 0 bridgehead atoms. The number of hydrogen-bond acceptors (Lipinski definition) is 2. The third kappa shape index (κ3) is 11.1. The molecule has 4 heterocycles. The van der Waals surface area contributed by atoms with Gasteiger partial charge >= 0.3 is 0 Å². The molecule has 0 aliphatic carbocycles. The van der Waals surface area contributed by atoms with Crippen LogP contribution in [0.3, 0.4) is 0 Å². The number of fused-ring (bicyclic) bond motifs is 10. The van der Waals surface area contributed by atoms with E-state index in [-0.39, 0.29) is 0 Å². The predicted octanol–water partition coefficient (Wildman–Crippen LogP) is 13.8. The van der Waals surface area contributed by atoms with Gasteiger partial charge in [0, 0.05) is 11.4 Å². The maximum absolute atomic E-state index is 5.23. The molecule has 110 heavy (non-hydrogen) atoms. The molecule has 0 amide bonds. The standard InChI is InChI=1S/2C50H39N3Si2/c1-54(39-21-6-2-7-22-39,40-23-8-3-9-24-40)43-29-19-31-45(37-43)55(41-25-10-4-11-26-41,42-27-12-5-13-28-42)44-30-18-20-38(36-44)52-48-34-16-17-35-49(48)53-47-33-15-14-32-46(47)51-50(52)53;1-54(39-20-6-2-7-21-39,40-22-8-3-9-23-40)41-33-35-44(36-34-41)55(42-24-10-4-11-25-42,43-26-12-5-13-27-43)45-28-18-19-38(37-45)52-48-31-16-17-32-49(48)53-47-30-15-14-29-46(47)51-50(52)53/h2*2-37H,1H3. The molecule has 10 heteroatoms. The molecule has 0 spiro atoms. The molecule has 0 fully saturated rings. The molecule has 16 aromatic carbocycles. The summed E-state index contributed by atoms with van der Waals surface area (Å²) in [6, 6.07) is 162. The summed E-state index contributed by atoms with van der Waals surface area (Å²) in [5.74, 6) is 1.84. The Hall–Kier alpha value is -13.1. The fraction of sp³-hybridized carbons (Fsp3) is 0.0200. The van der Waals surface area contributed by atoms with E-state index in [1.54, 1.807) is 0 Å². The van der Waals surface area contributed by atoms with E-state index in [0.29, 0.717) is 0 Å². The number of aromatic nitrogens is 6. The van der Waals surface area contributed by atoms with E-state index < -0.39 is 32.3 Å². The number of hydrogen-bond donors (Lipinski definition) is 0. The predicted molar refractivity (Wildman–Crippen MR) is 473 cm³/mol. The highest BCUT2D eigenvalue weighted by atomic mass is 28.3. The first-order valence-corrected chi connectivity index (χ1v) is 47.0. The lowest BCUT2D eigenvalue weighted by molar-refractivity contribution is 1.11. The minimum absolute atomic E-state index is 0.917. The van der Waals surface area contributed by atoms with Gasteiger partial charge in [-0.25, -0.2) is 9.97 Å². The fourth-order valence-corrected chi connectivity index (χ4v) is 34.8. The number of benzene rings is 16. The second-order valence-corrected chi connectivity index (χ2v) is 44.6. The van der Waals surface area contributed by atoms with Crippen molar-refractivity contribution < 1.29 is 0 Å². The van der Waals surface area contributed by atoms with E-state index >= 15 is 0 Å². The van der Waals surface area contributed by atoms with Crippen molar-refractivity contribution in [2.45, 2.75) is 13.1 Å². The van der Waals surface area contributed by atoms with Crippen molar-refractivity contribution in [2.24, 2.45) is 0 Å². The Morgan fingerprint density at radius 3 is 0.764 bits per heavy atom. The van der Waals surface area contributed by atoms with Crippen molar-refractivity contribution in [1.82, 2.24) is 27.9 Å². The van der Waals surface area contributed by atoms with Crippen LogP contribution in [-0.4, -0.2) is 60.2 Å². The van der Waals surface area contributed by atoms with Crippen LogP contribution < -0.4 is 72.6 Å². The van der Waals surface area contributed by atoms with Crippen LogP contribution in [-0.2, 0) is 0 Å². The lowest BCUT2D eigenvalue weighted by Gasteiger charge is -2.36. The number of imidazole rings is 4. The molecule has 524 valence electrons. The van der Waals surface area contributed by atoms with Gasteiger partial charge in [-0.15, -0.1) is 0 Å². The minimum Gasteiger partial charge on any atom is -0.278 e. The lowest BCUT2D eigenvalue weighted by Crippen LogP contribution is -2.75. The maximum Gasteiger partial charge on any atom is 0.220 e. The van der Waals surface area contributed by atoms with Crippen LogP contribution in [0.15, 0.2) is 437 Å². The molecule has 20 rings (SSSR count). The summed E-state index contributed by atoms with van der Waals surface area (Å²) in [7, 11) is -10.5. The van der Waals surface area contributed by atoms with Crippen molar-refractivity contribution >= 4 is 161 Å². The molecule has 0 radical (unpaired) electrons. The Morgan fingerprint density at radius 2 is 0.409 bits per heavy atom. The number of para-hydroxylation sites is 8. The van der Waals surface area contributed by atoms with E-state index in [1.165, 1.54) is 72.6 Å². The highest BCUT2D eigenvalue weighted by Gasteiger charge is 2.45. The summed E-state index contributed by atoms with van der Waals surface area (Å²) in [4.78, 5) is 10.5. The van der Waals surface area contributed by atoms with E-state index in [0.717, 1.165) is 67.1 Å². The Morgan fingerprint density at radius 1 is 0.182 bits per heavy atom. The molecule has 0 saturated carbocycles. The SMILES string of the molecule is C[Si](c1ccccc1)(c1ccccc1)c1ccc([Si](c2ccccc2)(c2ccccc2)c2cccc(-n3c4ccccc4n4c5ccccc5nc34)c2)cc1.C[Si](c1ccccc1)(c1ccccc1)c1cccc([Si](c2ccccc2)(c2ccccc2)c2cccc(-n3c4ccccc4n4c5ccccc5nc34)c2)c1. The molecule has 0 aliphatic rings. The van der Waals surface area contributed by atoms with Crippen molar-refractivity contribution in [2.75, 3.05) is 0 Å². The van der Waals surface area contributed by atoms with Crippen LogP contribution in [0.1, 0.15) is 0 Å². The lowest BCUT2D eigenvalue weighted by atomic mass is 10.2. The molecule has 0 atom stereocenters. The van der Waals surface area contributed by atoms with Crippen LogP contribution in [0.4, 0.5) is 0 Å². The smallest absolute Gasteiger partial charge is 0.220 e. The van der Waals surface area contributed by atoms with Gasteiger partial charge in [-0.1, -0.05) is 377 Å². The van der Waals surface area contributed by atoms with Gasteiger partial charge < -0.3 is 0 Å². The Kier molecular flexibility index (Phi) is 17.3. The summed E-state index contributed by atoms with van der Waals surface area (Å²) in [6.45, 7) is 5.01. The summed E-state index contributed by atoms with van der Waals surface area (Å²) in [5.41, 5.74) is 11.0. The molecule has 0 aliphatic heterocycles. The quantitative estimate of drug-likeness (QED) is 0.0715. The van der Waals surface area contributed by atoms with Crippen molar-refractivity contribution in [3.8, 4) is 11.4 Å². The largest absolute Gasteiger partial charge is 0.278 e. The van der Waals surface area contributed by atoms with Crippen LogP contribution in [0.5, 0.6) is 0 Å². The summed E-state index contributed by atoms with van der Waals surface area (Å²) >= 11 is 0. The van der Waals surface area contributed by atoms with Crippen LogP contribution in [0.25, 0.3) is 67.1 Å². The molecule has 20 aromatic rings. The zero-order valence-electron chi connectivity index (χ0n) is 61.3. The first-order valence-electron chi connectivity index (χ1n) is 38.0. The first kappa shape index (κ1) is 67.5. The van der Waals surface area contributed by atoms with Gasteiger partial charge in [0.25, 0.3) is 0 Å². The molecule has 4 aromatic heterocycles. The highest BCUT2D eigenvalue weighted by molar-refractivity contribution is 7.21. The number of rotatable bonds is 16. The molecule has 6 nitrogen and oxygen atoms in total. The summed E-state index contributed by atoms with van der Waals surface area (Å²) < 4.78 is 9.29. The summed E-state index contributed by atoms with van der Waals surface area (Å²) in [5, 5.41) is 19.2. The van der Waals surface area contributed by atoms with Gasteiger partial charge in [0.2, 0.25) is 11.6 Å². The molecular formula is C100H78N6Si4. The monoisotopic (exact) mass is 1470 g/mol. The van der Waals surface area contributed by atoms with Gasteiger partial charge in [-0.2, -0.15) is 0 Å². The zero-order valence-corrected chi connectivity index (χ0v) is 65.3. The fourth-order valence-electron chi connectivity index (χ4n) is 17.9. The average molecular weight is 1480 g/mol. The van der Waals surface area contributed by atoms with Crippen LogP contribution >= 0.6 is 0 Å². The molecule has 0 unspecified atom stereocenters. The zero-order chi connectivity index (χ0) is 73.6. The maximum atomic E-state index is 5.23. The Labute approximate surface area is 645 Å². The third-order valence-electron chi connectivity index (χ3n) is 23.3. The Bertz CT molecular complexity index is 6510. The van der Waals surface area contributed by atoms with E-state index in [9.17, 15) is 0 Å². The van der Waals surface area contributed by atoms with E-state index in [1.807, 2.05) is 0 Å². The third-order valence-corrected chi connectivity index (χ3v) is 41.7. The Balaban J connectivity index is 0.000000149. The molecule has 0 saturated heterocycles. The topological polar surface area (TPSA) is 44.5 Å². The van der Waals surface area contributed by atoms with Crippen LogP contribution in [0, 0.1) is 0 Å². The second-order valence-electron chi connectivity index (χ2n) is 29.1. The van der Waals surface area contributed by atoms with Crippen LogP contribution in [0.2, 0.25) is 13.1 Å². The normalized spacial score (nSPS) is 12.1. The van der Waals surface area contributed by atoms with E-state index in [4.69, 9.17) is 9.97 Å². The first-order chi connectivity index (χ1) is 54.3. The van der Waals surface area contributed by atoms with Gasteiger partial charge in [0.15, 0.2) is 16.1 Å². The highest BCUT2D eigenvalue weighted by Crippen LogP contribution is 2.32. The second kappa shape index (κ2) is 28.2.